The van der Waals surface area contributed by atoms with Crippen LogP contribution in [0.2, 0.25) is 5.02 Å². The topological polar surface area (TPSA) is 123 Å². The van der Waals surface area contributed by atoms with Crippen molar-refractivity contribution in [1.29, 1.82) is 5.26 Å². The van der Waals surface area contributed by atoms with Crippen LogP contribution in [0.4, 0.5) is 0 Å². The van der Waals surface area contributed by atoms with Crippen molar-refractivity contribution in [2.45, 2.75) is 37.8 Å². The Morgan fingerprint density at radius 2 is 1.89 bits per heavy atom. The molecule has 0 bridgehead atoms. The molecule has 12 heteroatoms. The molecule has 1 aromatic rings. The van der Waals surface area contributed by atoms with E-state index in [4.69, 9.17) is 21.6 Å². The Morgan fingerprint density at radius 1 is 1.11 bits per heavy atom. The van der Waals surface area contributed by atoms with Gasteiger partial charge in [0.25, 0.3) is 10.2 Å². The molecule has 10 nitrogen and oxygen atoms in total. The van der Waals surface area contributed by atoms with E-state index < -0.39 is 22.2 Å². The lowest BCUT2D eigenvalue weighted by Gasteiger charge is -2.41. The molecule has 35 heavy (non-hydrogen) atoms. The fourth-order valence-electron chi connectivity index (χ4n) is 5.38. The lowest BCUT2D eigenvalue weighted by Crippen LogP contribution is -2.57. The predicted octanol–water partition coefficient (Wildman–Crippen LogP) is 1.29. The van der Waals surface area contributed by atoms with Crippen LogP contribution in [0, 0.1) is 23.2 Å². The molecular weight excluding hydrogens is 494 g/mol. The number of halogens is 1. The van der Waals surface area contributed by atoms with E-state index in [0.717, 1.165) is 5.56 Å². The second kappa shape index (κ2) is 9.58. The first-order valence-corrected chi connectivity index (χ1v) is 13.7. The lowest BCUT2D eigenvalue weighted by molar-refractivity contribution is -0.142. The number of benzene rings is 1. The highest BCUT2D eigenvalue weighted by Crippen LogP contribution is 2.38. The lowest BCUT2D eigenvalue weighted by atomic mass is 9.97. The van der Waals surface area contributed by atoms with Gasteiger partial charge >= 0.3 is 0 Å². The summed E-state index contributed by atoms with van der Waals surface area (Å²) >= 11 is 6.32. The molecule has 1 N–H and O–H groups in total. The van der Waals surface area contributed by atoms with Gasteiger partial charge in [-0.3, -0.25) is 9.59 Å². The molecule has 2 unspecified atom stereocenters. The van der Waals surface area contributed by atoms with Crippen molar-refractivity contribution in [2.24, 2.45) is 11.8 Å². The Morgan fingerprint density at radius 3 is 2.66 bits per heavy atom. The number of piperidine rings is 1. The molecule has 5 rings (SSSR count). The summed E-state index contributed by atoms with van der Waals surface area (Å²) in [6.07, 6.45) is 2.42. The number of rotatable bonds is 5. The van der Waals surface area contributed by atoms with Crippen molar-refractivity contribution in [3.63, 3.8) is 0 Å². The standard InChI is InChI=1S/C23H28ClN5O5S/c24-17-5-1-7-20-21(17)18(14-34-20)26-22(30)19-6-3-9-29(19)23(31)16-4-2-8-27(13-16)35(32,33)28-11-15(10-25)12-28/h1,5,7,15-16,18-19H,2-4,6,8-9,11-14H2,(H,26,30)/t16?,18?,19-/m1/s1. The van der Waals surface area contributed by atoms with Crippen molar-refractivity contribution in [3.05, 3.63) is 28.8 Å². The third-order valence-electron chi connectivity index (χ3n) is 7.34. The molecule has 3 fully saturated rings. The molecule has 2 amide bonds. The second-order valence-electron chi connectivity index (χ2n) is 9.56. The highest BCUT2D eigenvalue weighted by atomic mass is 35.5. The molecule has 4 aliphatic heterocycles. The minimum atomic E-state index is -3.70. The zero-order chi connectivity index (χ0) is 24.7. The van der Waals surface area contributed by atoms with Gasteiger partial charge in [0.15, 0.2) is 0 Å². The number of amides is 2. The summed E-state index contributed by atoms with van der Waals surface area (Å²) in [6.45, 7) is 1.59. The summed E-state index contributed by atoms with van der Waals surface area (Å²) in [4.78, 5) is 28.3. The summed E-state index contributed by atoms with van der Waals surface area (Å²) in [5.41, 5.74) is 0.746. The van der Waals surface area contributed by atoms with Crippen LogP contribution in [0.15, 0.2) is 18.2 Å². The Labute approximate surface area is 209 Å². The van der Waals surface area contributed by atoms with E-state index in [2.05, 4.69) is 11.4 Å². The summed E-state index contributed by atoms with van der Waals surface area (Å²) in [5.74, 6) is -0.551. The number of likely N-dealkylation sites (tertiary alicyclic amines) is 1. The van der Waals surface area contributed by atoms with Crippen molar-refractivity contribution >= 4 is 33.6 Å². The van der Waals surface area contributed by atoms with Gasteiger partial charge in [-0.05, 0) is 37.8 Å². The molecule has 3 saturated heterocycles. The van der Waals surface area contributed by atoms with Crippen LogP contribution in [0.1, 0.15) is 37.3 Å². The van der Waals surface area contributed by atoms with Crippen LogP contribution in [-0.4, -0.2) is 79.1 Å². The van der Waals surface area contributed by atoms with Gasteiger partial charge in [0.2, 0.25) is 11.8 Å². The van der Waals surface area contributed by atoms with E-state index >= 15 is 0 Å². The molecule has 0 aromatic heterocycles. The van der Waals surface area contributed by atoms with Crippen LogP contribution in [0.3, 0.4) is 0 Å². The van der Waals surface area contributed by atoms with Gasteiger partial charge < -0.3 is 15.0 Å². The number of fused-ring (bicyclic) bond motifs is 1. The Bertz CT molecular complexity index is 1170. The molecule has 4 heterocycles. The number of nitrogens with one attached hydrogen (secondary N) is 1. The van der Waals surface area contributed by atoms with Crippen LogP contribution < -0.4 is 10.1 Å². The van der Waals surface area contributed by atoms with E-state index in [0.29, 0.717) is 49.5 Å². The van der Waals surface area contributed by atoms with Gasteiger partial charge in [0, 0.05) is 43.3 Å². The Hall–Kier alpha value is -2.39. The van der Waals surface area contributed by atoms with Crippen molar-refractivity contribution in [3.8, 4) is 11.8 Å². The molecule has 4 aliphatic rings. The molecule has 188 valence electrons. The first-order valence-electron chi connectivity index (χ1n) is 12.0. The zero-order valence-corrected chi connectivity index (χ0v) is 20.8. The Kier molecular flexibility index (Phi) is 6.65. The van der Waals surface area contributed by atoms with E-state index in [-0.39, 0.29) is 50.0 Å². The minimum absolute atomic E-state index is 0.0964. The average Bonchev–Trinajstić information content (AvgIpc) is 3.46. The third kappa shape index (κ3) is 4.48. The third-order valence-corrected chi connectivity index (χ3v) is 9.60. The summed E-state index contributed by atoms with van der Waals surface area (Å²) < 4.78 is 34.2. The number of carbonyl (C=O) groups excluding carboxylic acids is 2. The monoisotopic (exact) mass is 521 g/mol. The van der Waals surface area contributed by atoms with Crippen molar-refractivity contribution in [1.82, 2.24) is 18.8 Å². The average molecular weight is 522 g/mol. The van der Waals surface area contributed by atoms with Crippen molar-refractivity contribution in [2.75, 3.05) is 39.3 Å². The summed E-state index contributed by atoms with van der Waals surface area (Å²) in [6, 6.07) is 6.45. The zero-order valence-electron chi connectivity index (χ0n) is 19.2. The maximum Gasteiger partial charge on any atom is 0.282 e. The van der Waals surface area contributed by atoms with Gasteiger partial charge in [-0.1, -0.05) is 17.7 Å². The molecule has 3 atom stereocenters. The smallest absolute Gasteiger partial charge is 0.282 e. The van der Waals surface area contributed by atoms with Crippen LogP contribution >= 0.6 is 11.6 Å². The number of hydrogen-bond donors (Lipinski definition) is 1. The summed E-state index contributed by atoms with van der Waals surface area (Å²) in [5, 5.41) is 12.5. The first-order chi connectivity index (χ1) is 16.8. The van der Waals surface area contributed by atoms with Crippen LogP contribution in [0.5, 0.6) is 5.75 Å². The van der Waals surface area contributed by atoms with Gasteiger partial charge in [-0.25, -0.2) is 0 Å². The predicted molar refractivity (Wildman–Crippen MR) is 126 cm³/mol. The van der Waals surface area contributed by atoms with Crippen LogP contribution in [-0.2, 0) is 19.8 Å². The quantitative estimate of drug-likeness (QED) is 0.623. The molecular formula is C23H28ClN5O5S. The fourth-order valence-corrected chi connectivity index (χ4v) is 7.47. The number of carbonyl (C=O) groups is 2. The fraction of sp³-hybridized carbons (Fsp3) is 0.609. The Balaban J connectivity index is 1.23. The van der Waals surface area contributed by atoms with E-state index in [1.54, 1.807) is 17.0 Å². The second-order valence-corrected chi connectivity index (χ2v) is 11.9. The van der Waals surface area contributed by atoms with E-state index in [1.165, 1.54) is 8.61 Å². The first kappa shape index (κ1) is 24.3. The molecule has 0 aliphatic carbocycles. The van der Waals surface area contributed by atoms with Gasteiger partial charge in [0.1, 0.15) is 18.4 Å². The van der Waals surface area contributed by atoms with E-state index in [1.807, 2.05) is 6.07 Å². The number of nitrogens with zero attached hydrogens (tertiary/aromatic N) is 4. The van der Waals surface area contributed by atoms with Crippen LogP contribution in [0.25, 0.3) is 0 Å². The minimum Gasteiger partial charge on any atom is -0.491 e. The largest absolute Gasteiger partial charge is 0.491 e. The van der Waals surface area contributed by atoms with E-state index in [9.17, 15) is 18.0 Å². The normalized spacial score (nSPS) is 27.5. The van der Waals surface area contributed by atoms with Gasteiger partial charge in [-0.2, -0.15) is 22.3 Å². The molecule has 0 saturated carbocycles. The highest BCUT2D eigenvalue weighted by molar-refractivity contribution is 7.86. The number of nitriles is 1. The molecule has 1 aromatic carbocycles. The molecule has 0 radical (unpaired) electrons. The molecule has 0 spiro atoms. The number of hydrogen-bond acceptors (Lipinski definition) is 6. The van der Waals surface area contributed by atoms with Gasteiger partial charge in [0.05, 0.1) is 23.9 Å². The summed E-state index contributed by atoms with van der Waals surface area (Å²) in [7, 11) is -3.70. The SMILES string of the molecule is N#CC1CN(S(=O)(=O)N2CCCC(C(=O)N3CCC[C@@H]3C(=O)NC3COc4cccc(Cl)c43)C2)C1. The highest BCUT2D eigenvalue weighted by Gasteiger charge is 2.44. The van der Waals surface area contributed by atoms with Crippen molar-refractivity contribution < 1.29 is 22.7 Å². The maximum atomic E-state index is 13.5. The number of ether oxygens (including phenoxy) is 1. The maximum absolute atomic E-state index is 13.5. The van der Waals surface area contributed by atoms with Gasteiger partial charge in [-0.15, -0.1) is 0 Å².